The van der Waals surface area contributed by atoms with Crippen molar-refractivity contribution in [1.82, 2.24) is 4.90 Å². The standard InChI is InChI=1S/C26H19Cl2NO6S/c1-33-22-14-16(6-11-21(22)35-25(31)19-4-2-3-5-20(19)28)15-23-24(30)29(26(32)36-23)12-13-34-18-9-7-17(27)8-10-18/h2-11,14-15H,12-13H2,1H3/b23-15-. The van der Waals surface area contributed by atoms with Crippen molar-refractivity contribution in [2.24, 2.45) is 0 Å². The zero-order valence-corrected chi connectivity index (χ0v) is 21.2. The van der Waals surface area contributed by atoms with E-state index in [4.69, 9.17) is 37.4 Å². The van der Waals surface area contributed by atoms with Crippen LogP contribution in [0.2, 0.25) is 10.0 Å². The largest absolute Gasteiger partial charge is 0.493 e. The molecule has 1 fully saturated rings. The third kappa shape index (κ3) is 6.02. The lowest BCUT2D eigenvalue weighted by atomic mass is 10.1. The Morgan fingerprint density at radius 2 is 1.75 bits per heavy atom. The smallest absolute Gasteiger partial charge is 0.345 e. The fraction of sp³-hybridized carbons (Fsp3) is 0.115. The summed E-state index contributed by atoms with van der Waals surface area (Å²) < 4.78 is 16.4. The number of nitrogens with zero attached hydrogens (tertiary/aromatic N) is 1. The summed E-state index contributed by atoms with van der Waals surface area (Å²) in [7, 11) is 1.43. The number of benzene rings is 3. The highest BCUT2D eigenvalue weighted by Crippen LogP contribution is 2.35. The maximum atomic E-state index is 12.8. The molecule has 4 rings (SSSR count). The molecule has 36 heavy (non-hydrogen) atoms. The second-order valence-corrected chi connectivity index (χ2v) is 9.25. The van der Waals surface area contributed by atoms with E-state index in [0.717, 1.165) is 16.7 Å². The summed E-state index contributed by atoms with van der Waals surface area (Å²) in [5.41, 5.74) is 0.811. The maximum absolute atomic E-state index is 12.8. The molecular formula is C26H19Cl2NO6S. The van der Waals surface area contributed by atoms with Crippen molar-refractivity contribution in [2.45, 2.75) is 0 Å². The van der Waals surface area contributed by atoms with E-state index in [1.165, 1.54) is 7.11 Å². The quantitative estimate of drug-likeness (QED) is 0.186. The number of methoxy groups -OCH3 is 1. The molecule has 0 unspecified atom stereocenters. The number of esters is 1. The van der Waals surface area contributed by atoms with E-state index in [-0.39, 0.29) is 45.4 Å². The maximum Gasteiger partial charge on any atom is 0.345 e. The Morgan fingerprint density at radius 3 is 2.47 bits per heavy atom. The molecule has 3 aromatic rings. The Hall–Kier alpha value is -3.46. The highest BCUT2D eigenvalue weighted by atomic mass is 35.5. The van der Waals surface area contributed by atoms with Gasteiger partial charge < -0.3 is 14.2 Å². The predicted molar refractivity (Wildman–Crippen MR) is 139 cm³/mol. The summed E-state index contributed by atoms with van der Waals surface area (Å²) in [4.78, 5) is 39.1. The van der Waals surface area contributed by atoms with Crippen LogP contribution in [0.5, 0.6) is 17.2 Å². The van der Waals surface area contributed by atoms with Crippen molar-refractivity contribution in [1.29, 1.82) is 0 Å². The lowest BCUT2D eigenvalue weighted by Gasteiger charge is -2.13. The van der Waals surface area contributed by atoms with Crippen molar-refractivity contribution in [2.75, 3.05) is 20.3 Å². The van der Waals surface area contributed by atoms with Gasteiger partial charge in [-0.25, -0.2) is 4.79 Å². The Kier molecular flexibility index (Phi) is 8.20. The topological polar surface area (TPSA) is 82.1 Å². The van der Waals surface area contributed by atoms with Crippen molar-refractivity contribution < 1.29 is 28.6 Å². The summed E-state index contributed by atoms with van der Waals surface area (Å²) in [6.45, 7) is 0.247. The van der Waals surface area contributed by atoms with Gasteiger partial charge in [0.05, 0.1) is 29.1 Å². The van der Waals surface area contributed by atoms with Crippen LogP contribution in [-0.2, 0) is 4.79 Å². The fourth-order valence-corrected chi connectivity index (χ4v) is 4.47. The average molecular weight is 544 g/mol. The van der Waals surface area contributed by atoms with Gasteiger partial charge in [-0.1, -0.05) is 41.4 Å². The van der Waals surface area contributed by atoms with Crippen LogP contribution in [-0.4, -0.2) is 42.3 Å². The summed E-state index contributed by atoms with van der Waals surface area (Å²) in [6.07, 6.45) is 1.58. The van der Waals surface area contributed by atoms with Gasteiger partial charge in [0.2, 0.25) is 0 Å². The van der Waals surface area contributed by atoms with Crippen LogP contribution >= 0.6 is 35.0 Å². The lowest BCUT2D eigenvalue weighted by molar-refractivity contribution is -0.123. The summed E-state index contributed by atoms with van der Waals surface area (Å²) in [5.74, 6) is 0.00240. The van der Waals surface area contributed by atoms with Gasteiger partial charge in [0.1, 0.15) is 12.4 Å². The van der Waals surface area contributed by atoms with E-state index in [1.807, 2.05) is 0 Å². The van der Waals surface area contributed by atoms with Crippen LogP contribution in [0.3, 0.4) is 0 Å². The van der Waals surface area contributed by atoms with E-state index in [0.29, 0.717) is 16.3 Å². The molecule has 0 atom stereocenters. The Balaban J connectivity index is 1.43. The molecule has 0 saturated carbocycles. The van der Waals surface area contributed by atoms with Crippen molar-refractivity contribution in [3.63, 3.8) is 0 Å². The van der Waals surface area contributed by atoms with E-state index in [9.17, 15) is 14.4 Å². The van der Waals surface area contributed by atoms with Crippen molar-refractivity contribution >= 4 is 58.2 Å². The molecule has 0 spiro atoms. The monoisotopic (exact) mass is 543 g/mol. The zero-order valence-electron chi connectivity index (χ0n) is 18.9. The molecular weight excluding hydrogens is 525 g/mol. The highest BCUT2D eigenvalue weighted by molar-refractivity contribution is 8.18. The van der Waals surface area contributed by atoms with Crippen LogP contribution in [0.25, 0.3) is 6.08 Å². The van der Waals surface area contributed by atoms with Crippen LogP contribution in [0, 0.1) is 0 Å². The van der Waals surface area contributed by atoms with E-state index < -0.39 is 11.9 Å². The SMILES string of the molecule is COc1cc(/C=C2\SC(=O)N(CCOc3ccc(Cl)cc3)C2=O)ccc1OC(=O)c1ccccc1Cl. The zero-order chi connectivity index (χ0) is 25.7. The Morgan fingerprint density at radius 1 is 1.00 bits per heavy atom. The summed E-state index contributed by atoms with van der Waals surface area (Å²) >= 11 is 12.8. The molecule has 0 N–H and O–H groups in total. The molecule has 1 aliphatic rings. The second-order valence-electron chi connectivity index (χ2n) is 7.42. The number of halogens is 2. The molecule has 7 nitrogen and oxygen atoms in total. The first-order valence-electron chi connectivity index (χ1n) is 10.6. The molecule has 10 heteroatoms. The first kappa shape index (κ1) is 25.6. The summed E-state index contributed by atoms with van der Waals surface area (Å²) in [5, 5.41) is 0.470. The van der Waals surface area contributed by atoms with Crippen molar-refractivity contribution in [3.8, 4) is 17.2 Å². The first-order valence-corrected chi connectivity index (χ1v) is 12.2. The number of imide groups is 1. The molecule has 3 aromatic carbocycles. The van der Waals surface area contributed by atoms with Gasteiger partial charge in [0, 0.05) is 5.02 Å². The minimum Gasteiger partial charge on any atom is -0.493 e. The third-order valence-corrected chi connectivity index (χ3v) is 6.54. The first-order chi connectivity index (χ1) is 17.4. The lowest BCUT2D eigenvalue weighted by Crippen LogP contribution is -2.32. The number of amides is 2. The number of carbonyl (C=O) groups excluding carboxylic acids is 3. The number of hydrogen-bond acceptors (Lipinski definition) is 7. The number of carbonyl (C=O) groups is 3. The minimum absolute atomic E-state index is 0.102. The number of rotatable bonds is 8. The van der Waals surface area contributed by atoms with Gasteiger partial charge in [0.25, 0.3) is 11.1 Å². The Labute approximate surface area is 221 Å². The highest BCUT2D eigenvalue weighted by Gasteiger charge is 2.34. The van der Waals surface area contributed by atoms with Gasteiger partial charge in [-0.05, 0) is 71.9 Å². The second kappa shape index (κ2) is 11.5. The van der Waals surface area contributed by atoms with Gasteiger partial charge in [-0.2, -0.15) is 0 Å². The molecule has 0 radical (unpaired) electrons. The molecule has 2 amide bonds. The van der Waals surface area contributed by atoms with E-state index >= 15 is 0 Å². The molecule has 184 valence electrons. The van der Waals surface area contributed by atoms with Gasteiger partial charge in [0.15, 0.2) is 11.5 Å². The van der Waals surface area contributed by atoms with E-state index in [2.05, 4.69) is 0 Å². The summed E-state index contributed by atoms with van der Waals surface area (Å²) in [6, 6.07) is 18.1. The predicted octanol–water partition coefficient (Wildman–Crippen LogP) is 6.34. The Bertz CT molecular complexity index is 1340. The van der Waals surface area contributed by atoms with Gasteiger partial charge >= 0.3 is 5.97 Å². The van der Waals surface area contributed by atoms with Crippen LogP contribution in [0.15, 0.2) is 71.6 Å². The normalized spacial score (nSPS) is 14.3. The molecule has 1 saturated heterocycles. The molecule has 0 bridgehead atoms. The minimum atomic E-state index is -0.631. The molecule has 0 aliphatic carbocycles. The third-order valence-electron chi connectivity index (χ3n) is 5.05. The van der Waals surface area contributed by atoms with Gasteiger partial charge in [-0.3, -0.25) is 14.5 Å². The fourth-order valence-electron chi connectivity index (χ4n) is 3.27. The van der Waals surface area contributed by atoms with Crippen LogP contribution in [0.1, 0.15) is 15.9 Å². The molecule has 1 heterocycles. The number of hydrogen-bond donors (Lipinski definition) is 0. The average Bonchev–Trinajstić information content (AvgIpc) is 3.13. The van der Waals surface area contributed by atoms with Crippen LogP contribution in [0.4, 0.5) is 4.79 Å². The van der Waals surface area contributed by atoms with E-state index in [1.54, 1.807) is 72.8 Å². The van der Waals surface area contributed by atoms with Crippen molar-refractivity contribution in [3.05, 3.63) is 92.8 Å². The van der Waals surface area contributed by atoms with Crippen LogP contribution < -0.4 is 14.2 Å². The molecule has 0 aromatic heterocycles. The number of thioether (sulfide) groups is 1. The van der Waals surface area contributed by atoms with Gasteiger partial charge in [-0.15, -0.1) is 0 Å². The molecule has 1 aliphatic heterocycles. The number of ether oxygens (including phenoxy) is 3.